The van der Waals surface area contributed by atoms with Gasteiger partial charge in [-0.25, -0.2) is 18.7 Å². The molecular formula is C64H70F2N6O7. The van der Waals surface area contributed by atoms with Gasteiger partial charge in [-0.3, -0.25) is 9.59 Å². The van der Waals surface area contributed by atoms with E-state index in [4.69, 9.17) is 24.2 Å². The van der Waals surface area contributed by atoms with Gasteiger partial charge in [-0.1, -0.05) is 62.4 Å². The highest BCUT2D eigenvalue weighted by Crippen LogP contribution is 2.35. The number of piperidine rings is 2. The molecule has 412 valence electrons. The van der Waals surface area contributed by atoms with Crippen LogP contribution in [0.15, 0.2) is 133 Å². The highest BCUT2D eigenvalue weighted by atomic mass is 19.1. The van der Waals surface area contributed by atoms with Crippen molar-refractivity contribution in [2.45, 2.75) is 104 Å². The maximum absolute atomic E-state index is 13.5. The van der Waals surface area contributed by atoms with Crippen molar-refractivity contribution in [1.29, 1.82) is 0 Å². The van der Waals surface area contributed by atoms with E-state index >= 15 is 0 Å². The van der Waals surface area contributed by atoms with E-state index in [2.05, 4.69) is 59.4 Å². The van der Waals surface area contributed by atoms with Gasteiger partial charge in [-0.15, -0.1) is 0 Å². The van der Waals surface area contributed by atoms with E-state index in [-0.39, 0.29) is 55.8 Å². The quantitative estimate of drug-likeness (QED) is 0.0966. The maximum Gasteiger partial charge on any atom is 0.253 e. The van der Waals surface area contributed by atoms with E-state index in [1.165, 1.54) is 35.3 Å². The first-order chi connectivity index (χ1) is 38.5. The Balaban J connectivity index is 0.000000179. The summed E-state index contributed by atoms with van der Waals surface area (Å²) < 4.78 is 49.0. The number of fused-ring (bicyclic) bond motifs is 2. The normalized spacial score (nSPS) is 15.6. The van der Waals surface area contributed by atoms with Gasteiger partial charge in [0.2, 0.25) is 0 Å². The molecule has 2 amide bonds. The first-order valence-corrected chi connectivity index (χ1v) is 27.8. The van der Waals surface area contributed by atoms with E-state index < -0.39 is 0 Å². The zero-order valence-electron chi connectivity index (χ0n) is 45.1. The molecule has 2 aromatic heterocycles. The van der Waals surface area contributed by atoms with Gasteiger partial charge in [0.25, 0.3) is 11.8 Å². The molecule has 11 rings (SSSR count). The summed E-state index contributed by atoms with van der Waals surface area (Å²) in [5.41, 5.74) is 7.91. The first-order valence-electron chi connectivity index (χ1n) is 27.8. The third kappa shape index (κ3) is 13.2. The predicted octanol–water partition coefficient (Wildman–Crippen LogP) is 11.6. The van der Waals surface area contributed by atoms with Crippen LogP contribution in [0.25, 0.3) is 22.1 Å². The molecule has 0 bridgehead atoms. The molecule has 5 heterocycles. The summed E-state index contributed by atoms with van der Waals surface area (Å²) in [6, 6.07) is 39.4. The first kappa shape index (κ1) is 54.9. The van der Waals surface area contributed by atoms with E-state index in [1.54, 1.807) is 60.7 Å². The van der Waals surface area contributed by atoms with Crippen LogP contribution in [0.5, 0.6) is 11.5 Å². The molecule has 0 radical (unpaired) electrons. The molecule has 6 aromatic carbocycles. The minimum Gasteiger partial charge on any atom is -0.489 e. The summed E-state index contributed by atoms with van der Waals surface area (Å²) in [5.74, 6) is 4.15. The van der Waals surface area contributed by atoms with Crippen molar-refractivity contribution >= 4 is 33.9 Å². The molecule has 8 aromatic rings. The lowest BCUT2D eigenvalue weighted by Gasteiger charge is -2.33. The van der Waals surface area contributed by atoms with Crippen molar-refractivity contribution in [3.05, 3.63) is 190 Å². The predicted molar refractivity (Wildman–Crippen MR) is 300 cm³/mol. The molecule has 3 saturated heterocycles. The summed E-state index contributed by atoms with van der Waals surface area (Å²) in [4.78, 5) is 40.6. The van der Waals surface area contributed by atoms with Crippen LogP contribution < -0.4 is 9.47 Å². The number of para-hydroxylation sites is 4. The summed E-state index contributed by atoms with van der Waals surface area (Å²) >= 11 is 0. The van der Waals surface area contributed by atoms with Gasteiger partial charge in [-0.2, -0.15) is 0 Å². The van der Waals surface area contributed by atoms with Crippen molar-refractivity contribution in [1.82, 2.24) is 28.9 Å². The van der Waals surface area contributed by atoms with Crippen LogP contribution in [0, 0.1) is 23.5 Å². The fraction of sp³-hybridized carbons (Fsp3) is 0.375. The van der Waals surface area contributed by atoms with Crippen molar-refractivity contribution in [3.63, 3.8) is 0 Å². The molecule has 3 fully saturated rings. The number of hydrogen-bond acceptors (Lipinski definition) is 9. The van der Waals surface area contributed by atoms with Gasteiger partial charge in [0, 0.05) is 86.6 Å². The Morgan fingerprint density at radius 1 is 0.582 bits per heavy atom. The number of carbonyl (C=O) groups is 2. The minimum absolute atomic E-state index is 0.0504. The Labute approximate surface area is 460 Å². The maximum atomic E-state index is 13.5. The van der Waals surface area contributed by atoms with E-state index in [0.717, 1.165) is 87.5 Å². The summed E-state index contributed by atoms with van der Waals surface area (Å²) in [7, 11) is 0. The number of halogens is 2. The Kier molecular flexibility index (Phi) is 17.8. The van der Waals surface area contributed by atoms with E-state index in [0.29, 0.717) is 88.8 Å². The monoisotopic (exact) mass is 1070 g/mol. The second kappa shape index (κ2) is 25.6. The highest BCUT2D eigenvalue weighted by Gasteiger charge is 2.31. The molecule has 0 unspecified atom stereocenters. The molecule has 0 spiro atoms. The van der Waals surface area contributed by atoms with Gasteiger partial charge in [0.05, 0.1) is 35.3 Å². The molecule has 79 heavy (non-hydrogen) atoms. The Hall–Kier alpha value is -7.46. The molecule has 0 saturated carbocycles. The zero-order valence-corrected chi connectivity index (χ0v) is 45.1. The van der Waals surface area contributed by atoms with E-state index in [1.807, 2.05) is 21.9 Å². The zero-order chi connectivity index (χ0) is 54.8. The van der Waals surface area contributed by atoms with Crippen LogP contribution in [0.4, 0.5) is 8.78 Å². The average Bonchev–Trinajstić information content (AvgIpc) is 4.10. The number of amides is 2. The van der Waals surface area contributed by atoms with Crippen molar-refractivity contribution in [2.24, 2.45) is 11.8 Å². The number of likely N-dealkylation sites (tertiary alicyclic amines) is 2. The van der Waals surface area contributed by atoms with Gasteiger partial charge < -0.3 is 43.4 Å². The second-order valence-corrected chi connectivity index (χ2v) is 21.5. The number of aromatic nitrogens is 4. The SMILES string of the molecule is CC(C)Cn1c(C2CCN(C(=O)c3ccc(OCc4cccc(F)c4)c(CO)c3)CC2)nc2ccccc21.O=C(c1ccc(OCc2cccc(F)c2)c(CO)c1)N1CCC(c2nc3ccccc3n2CC2CCOCC2)CC1. The largest absolute Gasteiger partial charge is 0.489 e. The number of imidazole rings is 2. The van der Waals surface area contributed by atoms with Gasteiger partial charge in [0.15, 0.2) is 0 Å². The third-order valence-corrected chi connectivity index (χ3v) is 15.5. The van der Waals surface area contributed by atoms with Crippen LogP contribution in [-0.4, -0.2) is 90.3 Å². The molecule has 2 N–H and O–H groups in total. The number of benzene rings is 6. The molecule has 3 aliphatic rings. The molecule has 15 heteroatoms. The Morgan fingerprint density at radius 3 is 1.49 bits per heavy atom. The number of hydrogen-bond donors (Lipinski definition) is 2. The molecule has 0 aliphatic carbocycles. The fourth-order valence-electron chi connectivity index (χ4n) is 11.3. The molecule has 13 nitrogen and oxygen atoms in total. The van der Waals surface area contributed by atoms with Gasteiger partial charge in [0.1, 0.15) is 48.0 Å². The number of carbonyl (C=O) groups excluding carboxylic acids is 2. The number of aliphatic hydroxyl groups excluding tert-OH is 2. The summed E-state index contributed by atoms with van der Waals surface area (Å²) in [6.07, 6.45) is 5.56. The fourth-order valence-corrected chi connectivity index (χ4v) is 11.3. The topological polar surface area (TPSA) is 144 Å². The average molecular weight is 1070 g/mol. The number of ether oxygens (including phenoxy) is 3. The van der Waals surface area contributed by atoms with Crippen LogP contribution in [0.1, 0.15) is 119 Å². The smallest absolute Gasteiger partial charge is 0.253 e. The lowest BCUT2D eigenvalue weighted by Crippen LogP contribution is -2.38. The molecular weight excluding hydrogens is 1000 g/mol. The highest BCUT2D eigenvalue weighted by molar-refractivity contribution is 5.95. The number of aliphatic hydroxyl groups is 2. The van der Waals surface area contributed by atoms with Gasteiger partial charge in [-0.05, 0) is 146 Å². The van der Waals surface area contributed by atoms with Crippen molar-refractivity contribution in [3.8, 4) is 11.5 Å². The Morgan fingerprint density at radius 2 is 1.04 bits per heavy atom. The summed E-state index contributed by atoms with van der Waals surface area (Å²) in [5, 5.41) is 19.9. The molecule has 3 aliphatic heterocycles. The number of nitrogens with zero attached hydrogens (tertiary/aromatic N) is 6. The van der Waals surface area contributed by atoms with Crippen LogP contribution in [0.2, 0.25) is 0 Å². The van der Waals surface area contributed by atoms with Crippen molar-refractivity contribution in [2.75, 3.05) is 39.4 Å². The second-order valence-electron chi connectivity index (χ2n) is 21.5. The standard InChI is InChI=1S/C33H36FN3O4.C31H34FN3O3/c34-28-5-3-4-24(18-28)22-41-31-9-8-26(19-27(31)21-38)33(39)36-14-10-25(11-15-36)32-35-29-6-1-2-7-30(29)37(32)20-23-12-16-40-17-13-23;1-21(2)18-35-28-9-4-3-8-27(28)33-30(35)23-12-14-34(15-13-23)31(37)24-10-11-29(25(17-24)19-36)38-20-22-6-5-7-26(32)16-22/h1-9,18-19,23,25,38H,10-17,20-22H2;3-11,16-17,21,23,36H,12-15,18-20H2,1-2H3. The van der Waals surface area contributed by atoms with Crippen molar-refractivity contribution < 1.29 is 42.8 Å². The number of rotatable bonds is 16. The lowest BCUT2D eigenvalue weighted by molar-refractivity contribution is 0.0609. The minimum atomic E-state index is -0.324. The lowest BCUT2D eigenvalue weighted by atomic mass is 9.94. The third-order valence-electron chi connectivity index (χ3n) is 15.5. The van der Waals surface area contributed by atoms with Crippen LogP contribution in [-0.2, 0) is 44.3 Å². The summed E-state index contributed by atoms with van der Waals surface area (Å²) in [6.45, 7) is 10.4. The van der Waals surface area contributed by atoms with Crippen LogP contribution >= 0.6 is 0 Å². The Bertz CT molecular complexity index is 3370. The van der Waals surface area contributed by atoms with E-state index in [9.17, 15) is 28.6 Å². The molecule has 0 atom stereocenters. The van der Waals surface area contributed by atoms with Crippen LogP contribution in [0.3, 0.4) is 0 Å². The van der Waals surface area contributed by atoms with Gasteiger partial charge >= 0.3 is 0 Å².